The molecule has 1 spiro atoms. The highest BCUT2D eigenvalue weighted by Gasteiger charge is 2.52. The van der Waals surface area contributed by atoms with Crippen molar-refractivity contribution in [3.63, 3.8) is 0 Å². The molecule has 6 nitrogen and oxygen atoms in total. The van der Waals surface area contributed by atoms with E-state index in [1.165, 1.54) is 37.3 Å². The number of hydroxylamine groups is 1. The number of thiazole rings is 1. The fourth-order valence-electron chi connectivity index (χ4n) is 4.17. The summed E-state index contributed by atoms with van der Waals surface area (Å²) in [4.78, 5) is 17.7. The van der Waals surface area contributed by atoms with Crippen LogP contribution in [0.2, 0.25) is 0 Å². The number of fused-ring (bicyclic) bond motifs is 3. The average molecular weight is 376 g/mol. The quantitative estimate of drug-likeness (QED) is 0.829. The van der Waals surface area contributed by atoms with E-state index in [2.05, 4.69) is 26.4 Å². The van der Waals surface area contributed by atoms with Crippen LogP contribution >= 0.6 is 23.7 Å². The van der Waals surface area contributed by atoms with Crippen molar-refractivity contribution in [3.05, 3.63) is 23.8 Å². The van der Waals surface area contributed by atoms with Crippen LogP contribution in [0.1, 0.15) is 24.8 Å². The van der Waals surface area contributed by atoms with Crippen molar-refractivity contribution in [1.82, 2.24) is 15.4 Å². The van der Waals surface area contributed by atoms with Crippen LogP contribution in [-0.4, -0.2) is 41.0 Å². The second-order valence-corrected chi connectivity index (χ2v) is 7.85. The number of benzene rings is 1. The largest absolute Gasteiger partial charge is 0.300 e. The Kier molecular flexibility index (Phi) is 4.16. The van der Waals surface area contributed by atoms with E-state index in [0.717, 1.165) is 29.0 Å². The second-order valence-electron chi connectivity index (χ2n) is 6.85. The molecule has 1 aromatic carbocycles. The Balaban J connectivity index is 0.00000157. The molecule has 5 heterocycles. The van der Waals surface area contributed by atoms with Gasteiger partial charge in [0, 0.05) is 13.0 Å². The topological polar surface area (TPSA) is 73.5 Å². The molecule has 0 saturated carbocycles. The number of nitrogens with zero attached hydrogens (tertiary/aromatic N) is 4. The van der Waals surface area contributed by atoms with Crippen LogP contribution in [0.5, 0.6) is 0 Å². The van der Waals surface area contributed by atoms with E-state index in [1.807, 2.05) is 18.2 Å². The number of piperidine rings is 3. The van der Waals surface area contributed by atoms with Gasteiger partial charge in [-0.2, -0.15) is 5.26 Å². The molecule has 2 aromatic rings. The highest BCUT2D eigenvalue weighted by atomic mass is 35.5. The highest BCUT2D eigenvalue weighted by molar-refractivity contribution is 7.22. The van der Waals surface area contributed by atoms with Gasteiger partial charge in [0.1, 0.15) is 11.4 Å². The van der Waals surface area contributed by atoms with Crippen molar-refractivity contribution in [2.24, 2.45) is 10.9 Å². The molecular weight excluding hydrogens is 358 g/mol. The zero-order valence-electron chi connectivity index (χ0n) is 13.6. The fraction of sp³-hybridized carbons (Fsp3) is 0.471. The number of rotatable bonds is 1. The summed E-state index contributed by atoms with van der Waals surface area (Å²) in [6.45, 7) is 3.39. The van der Waals surface area contributed by atoms with Gasteiger partial charge in [-0.3, -0.25) is 10.3 Å². The van der Waals surface area contributed by atoms with Crippen LogP contribution in [0.15, 0.2) is 23.2 Å². The maximum atomic E-state index is 8.99. The number of hydrogen-bond acceptors (Lipinski definition) is 6. The predicted molar refractivity (Wildman–Crippen MR) is 99.4 cm³/mol. The lowest BCUT2D eigenvalue weighted by Crippen LogP contribution is -2.59. The second kappa shape index (κ2) is 6.22. The Morgan fingerprint density at radius 2 is 2.24 bits per heavy atom. The van der Waals surface area contributed by atoms with Gasteiger partial charge >= 0.3 is 0 Å². The SMILES string of the molecule is Cl.N#Cc1ccc2sc(/N=C3/C[C@@]4(CN5CCC4CC5)ON3)nc2c1. The van der Waals surface area contributed by atoms with Gasteiger partial charge in [0.15, 0.2) is 0 Å². The van der Waals surface area contributed by atoms with E-state index < -0.39 is 0 Å². The summed E-state index contributed by atoms with van der Waals surface area (Å²) in [6, 6.07) is 7.71. The molecule has 0 radical (unpaired) electrons. The molecule has 8 heteroatoms. The third-order valence-corrected chi connectivity index (χ3v) is 6.33. The minimum Gasteiger partial charge on any atom is -0.300 e. The van der Waals surface area contributed by atoms with E-state index in [-0.39, 0.29) is 18.0 Å². The average Bonchev–Trinajstić information content (AvgIpc) is 3.19. The molecule has 1 N–H and O–H groups in total. The maximum absolute atomic E-state index is 8.99. The molecule has 0 aliphatic carbocycles. The monoisotopic (exact) mass is 375 g/mol. The van der Waals surface area contributed by atoms with Crippen LogP contribution in [0.3, 0.4) is 0 Å². The number of nitriles is 1. The number of aliphatic imine (C=N–C) groups is 1. The molecule has 4 aliphatic rings. The van der Waals surface area contributed by atoms with Crippen LogP contribution in [0, 0.1) is 17.2 Å². The van der Waals surface area contributed by atoms with Gasteiger partial charge in [0.25, 0.3) is 0 Å². The number of hydrogen-bond donors (Lipinski definition) is 1. The van der Waals surface area contributed by atoms with Gasteiger partial charge in [0.05, 0.1) is 21.8 Å². The summed E-state index contributed by atoms with van der Waals surface area (Å²) in [5.74, 6) is 1.49. The minimum absolute atomic E-state index is 0. The number of nitrogens with one attached hydrogen (secondary N) is 1. The van der Waals surface area contributed by atoms with E-state index in [4.69, 9.17) is 10.1 Å². The van der Waals surface area contributed by atoms with Crippen LogP contribution < -0.4 is 5.48 Å². The van der Waals surface area contributed by atoms with Gasteiger partial charge < -0.3 is 4.90 Å². The first-order valence-corrected chi connectivity index (χ1v) is 9.10. The molecule has 25 heavy (non-hydrogen) atoms. The molecule has 1 aromatic heterocycles. The third-order valence-electron chi connectivity index (χ3n) is 5.40. The first-order chi connectivity index (χ1) is 11.7. The molecule has 0 unspecified atom stereocenters. The van der Waals surface area contributed by atoms with Crippen molar-refractivity contribution in [1.29, 1.82) is 5.26 Å². The molecule has 4 aliphatic heterocycles. The lowest BCUT2D eigenvalue weighted by Gasteiger charge is -2.49. The molecule has 4 fully saturated rings. The Labute approximate surface area is 155 Å². The third kappa shape index (κ3) is 2.79. The van der Waals surface area contributed by atoms with Gasteiger partial charge in [-0.05, 0) is 50.0 Å². The molecule has 1 atom stereocenters. The van der Waals surface area contributed by atoms with E-state index in [9.17, 15) is 0 Å². The summed E-state index contributed by atoms with van der Waals surface area (Å²) >= 11 is 1.54. The molecule has 6 rings (SSSR count). The predicted octanol–water partition coefficient (Wildman–Crippen LogP) is 3.01. The minimum atomic E-state index is -0.111. The zero-order chi connectivity index (χ0) is 16.1. The van der Waals surface area contributed by atoms with Crippen molar-refractivity contribution in [2.45, 2.75) is 24.9 Å². The Morgan fingerprint density at radius 3 is 2.96 bits per heavy atom. The van der Waals surface area contributed by atoms with Gasteiger partial charge in [-0.15, -0.1) is 12.4 Å². The first-order valence-electron chi connectivity index (χ1n) is 8.29. The molecular formula is C17H18ClN5OS. The lowest BCUT2D eigenvalue weighted by molar-refractivity contribution is -0.150. The molecule has 130 valence electrons. The standard InChI is InChI=1S/C17H17N5OS.ClH/c18-9-11-1-2-14-13(7-11)19-16(24-14)20-15-8-17(23-21-15)10-22-5-3-12(17)4-6-22;/h1-2,7,12H,3-6,8,10H2,(H,19,20,21);1H/t17-;/m0./s1. The molecule has 2 bridgehead atoms. The van der Waals surface area contributed by atoms with Crippen LogP contribution in [0.25, 0.3) is 10.2 Å². The Morgan fingerprint density at radius 1 is 1.40 bits per heavy atom. The highest BCUT2D eigenvalue weighted by Crippen LogP contribution is 2.42. The fourth-order valence-corrected chi connectivity index (χ4v) is 5.01. The van der Waals surface area contributed by atoms with Crippen molar-refractivity contribution in [3.8, 4) is 6.07 Å². The Hall–Kier alpha value is -1.72. The number of aromatic nitrogens is 1. The van der Waals surface area contributed by atoms with Crippen molar-refractivity contribution >= 4 is 44.9 Å². The maximum Gasteiger partial charge on any atom is 0.211 e. The van der Waals surface area contributed by atoms with Gasteiger partial charge in [-0.25, -0.2) is 9.98 Å². The van der Waals surface area contributed by atoms with Crippen LogP contribution in [-0.2, 0) is 4.84 Å². The normalized spacial score (nSPS) is 31.9. The summed E-state index contributed by atoms with van der Waals surface area (Å²) < 4.78 is 1.05. The molecule has 0 amide bonds. The summed E-state index contributed by atoms with van der Waals surface area (Å²) in [7, 11) is 0. The Bertz CT molecular complexity index is 883. The van der Waals surface area contributed by atoms with E-state index in [0.29, 0.717) is 16.6 Å². The summed E-state index contributed by atoms with van der Waals surface area (Å²) in [5, 5.41) is 9.71. The van der Waals surface area contributed by atoms with E-state index in [1.54, 1.807) is 0 Å². The number of halogens is 1. The van der Waals surface area contributed by atoms with Gasteiger partial charge in [-0.1, -0.05) is 11.3 Å². The molecule has 4 saturated heterocycles. The lowest BCUT2D eigenvalue weighted by atomic mass is 9.74. The zero-order valence-corrected chi connectivity index (χ0v) is 15.2. The van der Waals surface area contributed by atoms with Crippen molar-refractivity contribution < 1.29 is 4.84 Å². The summed E-state index contributed by atoms with van der Waals surface area (Å²) in [6.07, 6.45) is 3.26. The smallest absolute Gasteiger partial charge is 0.211 e. The van der Waals surface area contributed by atoms with Crippen molar-refractivity contribution in [2.75, 3.05) is 19.6 Å². The summed E-state index contributed by atoms with van der Waals surface area (Å²) in [5.41, 5.74) is 4.40. The first kappa shape index (κ1) is 16.7. The number of amidine groups is 1. The van der Waals surface area contributed by atoms with Crippen LogP contribution in [0.4, 0.5) is 5.13 Å². The van der Waals surface area contributed by atoms with E-state index >= 15 is 0 Å². The van der Waals surface area contributed by atoms with Gasteiger partial charge in [0.2, 0.25) is 5.13 Å².